The standard InChI is InChI=1S/C21H17Cl2N3O2S/c1-12-2-7-15(8-18(12)23)25-20(28)11-29-21-17(10-24)16(9-19(27)26-21)13-3-5-14(22)6-4-13/h2-8,16H,9,11H2,1H3,(H,25,28)(H,26,27)/t16-/m1/s1. The number of nitriles is 1. The second kappa shape index (κ2) is 9.36. The lowest BCUT2D eigenvalue weighted by Gasteiger charge is -2.25. The van der Waals surface area contributed by atoms with Gasteiger partial charge in [0.25, 0.3) is 0 Å². The fourth-order valence-corrected chi connectivity index (χ4v) is 4.10. The Morgan fingerprint density at radius 2 is 2.00 bits per heavy atom. The SMILES string of the molecule is Cc1ccc(NC(=O)CSC2=C(C#N)[C@@H](c3ccc(Cl)cc3)CC(=O)N2)cc1Cl. The van der Waals surface area contributed by atoms with Crippen LogP contribution in [-0.4, -0.2) is 17.6 Å². The molecule has 0 unspecified atom stereocenters. The van der Waals surface area contributed by atoms with Crippen LogP contribution in [0.25, 0.3) is 0 Å². The van der Waals surface area contributed by atoms with Gasteiger partial charge in [0, 0.05) is 28.1 Å². The Balaban J connectivity index is 1.74. The number of allylic oxidation sites excluding steroid dienone is 1. The third-order valence-electron chi connectivity index (χ3n) is 4.43. The number of nitrogens with one attached hydrogen (secondary N) is 2. The van der Waals surface area contributed by atoms with Crippen LogP contribution in [0.15, 0.2) is 53.1 Å². The van der Waals surface area contributed by atoms with E-state index < -0.39 is 0 Å². The second-order valence-corrected chi connectivity index (χ2v) is 8.34. The number of rotatable bonds is 5. The molecule has 0 saturated carbocycles. The number of nitrogens with zero attached hydrogens (tertiary/aromatic N) is 1. The number of anilines is 1. The van der Waals surface area contributed by atoms with Crippen LogP contribution in [0, 0.1) is 18.3 Å². The molecule has 148 valence electrons. The maximum absolute atomic E-state index is 12.3. The second-order valence-electron chi connectivity index (χ2n) is 6.51. The van der Waals surface area contributed by atoms with Crippen LogP contribution >= 0.6 is 35.0 Å². The van der Waals surface area contributed by atoms with Crippen molar-refractivity contribution >= 4 is 52.5 Å². The smallest absolute Gasteiger partial charge is 0.234 e. The van der Waals surface area contributed by atoms with E-state index in [9.17, 15) is 14.9 Å². The number of benzene rings is 2. The zero-order valence-electron chi connectivity index (χ0n) is 15.5. The number of carbonyl (C=O) groups excluding carboxylic acids is 2. The average Bonchev–Trinajstić information content (AvgIpc) is 2.69. The quantitative estimate of drug-likeness (QED) is 0.677. The molecule has 0 radical (unpaired) electrons. The van der Waals surface area contributed by atoms with E-state index in [-0.39, 0.29) is 29.9 Å². The molecule has 0 aromatic heterocycles. The fraction of sp³-hybridized carbons (Fsp3) is 0.190. The summed E-state index contributed by atoms with van der Waals surface area (Å²) in [5.74, 6) is -0.785. The van der Waals surface area contributed by atoms with Crippen LogP contribution in [-0.2, 0) is 9.59 Å². The summed E-state index contributed by atoms with van der Waals surface area (Å²) in [6.45, 7) is 1.88. The van der Waals surface area contributed by atoms with Crippen LogP contribution in [0.2, 0.25) is 10.0 Å². The average molecular weight is 446 g/mol. The maximum Gasteiger partial charge on any atom is 0.234 e. The van der Waals surface area contributed by atoms with E-state index in [2.05, 4.69) is 16.7 Å². The van der Waals surface area contributed by atoms with E-state index in [0.29, 0.717) is 26.3 Å². The number of hydrogen-bond acceptors (Lipinski definition) is 4. The van der Waals surface area contributed by atoms with Crippen molar-refractivity contribution in [2.45, 2.75) is 19.3 Å². The van der Waals surface area contributed by atoms with Crippen LogP contribution in [0.3, 0.4) is 0 Å². The number of thioether (sulfide) groups is 1. The Hall–Kier alpha value is -2.46. The highest BCUT2D eigenvalue weighted by Crippen LogP contribution is 2.36. The first-order valence-electron chi connectivity index (χ1n) is 8.75. The largest absolute Gasteiger partial charge is 0.325 e. The van der Waals surface area contributed by atoms with Crippen molar-refractivity contribution in [1.82, 2.24) is 5.32 Å². The van der Waals surface area contributed by atoms with E-state index >= 15 is 0 Å². The highest BCUT2D eigenvalue weighted by Gasteiger charge is 2.29. The third kappa shape index (κ3) is 5.33. The van der Waals surface area contributed by atoms with Gasteiger partial charge in [-0.15, -0.1) is 0 Å². The predicted molar refractivity (Wildman–Crippen MR) is 117 cm³/mol. The lowest BCUT2D eigenvalue weighted by Crippen LogP contribution is -2.31. The highest BCUT2D eigenvalue weighted by molar-refractivity contribution is 8.03. The molecule has 5 nitrogen and oxygen atoms in total. The first-order valence-corrected chi connectivity index (χ1v) is 10.5. The molecule has 1 aliphatic rings. The molecule has 1 aliphatic heterocycles. The molecule has 3 rings (SSSR count). The summed E-state index contributed by atoms with van der Waals surface area (Å²) >= 11 is 13.1. The minimum atomic E-state index is -0.368. The van der Waals surface area contributed by atoms with Crippen LogP contribution in [0.1, 0.15) is 23.5 Å². The Morgan fingerprint density at radius 3 is 2.66 bits per heavy atom. The van der Waals surface area contributed by atoms with Gasteiger partial charge < -0.3 is 10.6 Å². The Bertz CT molecular complexity index is 1030. The third-order valence-corrected chi connectivity index (χ3v) is 6.11. The minimum absolute atomic E-state index is 0.0413. The van der Waals surface area contributed by atoms with Gasteiger partial charge in [0.05, 0.1) is 22.4 Å². The number of halogens is 2. The van der Waals surface area contributed by atoms with Crippen molar-refractivity contribution in [3.05, 3.63) is 74.2 Å². The monoisotopic (exact) mass is 445 g/mol. The fourth-order valence-electron chi connectivity index (χ4n) is 2.92. The van der Waals surface area contributed by atoms with Gasteiger partial charge in [-0.1, -0.05) is 53.2 Å². The molecule has 2 amide bonds. The van der Waals surface area contributed by atoms with Crippen molar-refractivity contribution in [2.75, 3.05) is 11.1 Å². The number of aryl methyl sites for hydroxylation is 1. The van der Waals surface area contributed by atoms with Gasteiger partial charge >= 0.3 is 0 Å². The van der Waals surface area contributed by atoms with Gasteiger partial charge in [-0.05, 0) is 42.3 Å². The van der Waals surface area contributed by atoms with Crippen molar-refractivity contribution in [2.24, 2.45) is 0 Å². The summed E-state index contributed by atoms with van der Waals surface area (Å²) in [5.41, 5.74) is 2.77. The normalized spacial score (nSPS) is 16.2. The Labute approximate surface area is 183 Å². The summed E-state index contributed by atoms with van der Waals surface area (Å²) in [7, 11) is 0. The molecule has 8 heteroatoms. The van der Waals surface area contributed by atoms with Crippen molar-refractivity contribution in [3.63, 3.8) is 0 Å². The van der Waals surface area contributed by atoms with Crippen LogP contribution < -0.4 is 10.6 Å². The van der Waals surface area contributed by atoms with Gasteiger partial charge in [-0.25, -0.2) is 0 Å². The summed E-state index contributed by atoms with van der Waals surface area (Å²) in [6.07, 6.45) is 0.169. The molecular formula is C21H17Cl2N3O2S. The lowest BCUT2D eigenvalue weighted by molar-refractivity contribution is -0.121. The van der Waals surface area contributed by atoms with Gasteiger partial charge in [0.2, 0.25) is 11.8 Å². The first-order chi connectivity index (χ1) is 13.9. The molecule has 0 spiro atoms. The van der Waals surface area contributed by atoms with Gasteiger partial charge in [0.1, 0.15) is 0 Å². The number of carbonyl (C=O) groups is 2. The first kappa shape index (κ1) is 21.3. The van der Waals surface area contributed by atoms with E-state index in [1.807, 2.05) is 13.0 Å². The highest BCUT2D eigenvalue weighted by atomic mass is 35.5. The maximum atomic E-state index is 12.3. The van der Waals surface area contributed by atoms with Gasteiger partial charge in [-0.2, -0.15) is 5.26 Å². The molecule has 1 heterocycles. The van der Waals surface area contributed by atoms with Gasteiger partial charge in [0.15, 0.2) is 0 Å². The lowest BCUT2D eigenvalue weighted by atomic mass is 9.87. The molecule has 29 heavy (non-hydrogen) atoms. The van der Waals surface area contributed by atoms with Crippen molar-refractivity contribution in [1.29, 1.82) is 5.26 Å². The molecule has 0 saturated heterocycles. The van der Waals surface area contributed by atoms with Crippen molar-refractivity contribution < 1.29 is 9.59 Å². The zero-order valence-corrected chi connectivity index (χ0v) is 17.8. The van der Waals surface area contributed by atoms with Gasteiger partial charge in [-0.3, -0.25) is 9.59 Å². The molecule has 2 aromatic rings. The number of hydrogen-bond donors (Lipinski definition) is 2. The Morgan fingerprint density at radius 1 is 1.28 bits per heavy atom. The van der Waals surface area contributed by atoms with E-state index in [1.54, 1.807) is 36.4 Å². The molecule has 2 N–H and O–H groups in total. The van der Waals surface area contributed by atoms with E-state index in [4.69, 9.17) is 23.2 Å². The predicted octanol–water partition coefficient (Wildman–Crippen LogP) is 5.01. The summed E-state index contributed by atoms with van der Waals surface area (Å²) < 4.78 is 0. The summed E-state index contributed by atoms with van der Waals surface area (Å²) in [5, 5.41) is 16.7. The molecular weight excluding hydrogens is 429 g/mol. The van der Waals surface area contributed by atoms with Crippen LogP contribution in [0.4, 0.5) is 5.69 Å². The minimum Gasteiger partial charge on any atom is -0.325 e. The summed E-state index contributed by atoms with van der Waals surface area (Å²) in [4.78, 5) is 24.5. The van der Waals surface area contributed by atoms with E-state index in [1.165, 1.54) is 0 Å². The zero-order chi connectivity index (χ0) is 21.0. The van der Waals surface area contributed by atoms with E-state index in [0.717, 1.165) is 22.9 Å². The van der Waals surface area contributed by atoms with Crippen LogP contribution in [0.5, 0.6) is 0 Å². The topological polar surface area (TPSA) is 82.0 Å². The summed E-state index contributed by atoms with van der Waals surface area (Å²) in [6, 6.07) is 14.5. The van der Waals surface area contributed by atoms with Crippen molar-refractivity contribution in [3.8, 4) is 6.07 Å². The molecule has 0 aliphatic carbocycles. The molecule has 0 fully saturated rings. The molecule has 0 bridgehead atoms. The molecule has 2 aromatic carbocycles. The molecule has 1 atom stereocenters. The Kier molecular flexibility index (Phi) is 6.86. The number of amides is 2.